The predicted octanol–water partition coefficient (Wildman–Crippen LogP) is 1.55. The van der Waals surface area contributed by atoms with E-state index in [2.05, 4.69) is 26.8 Å². The van der Waals surface area contributed by atoms with E-state index in [1.165, 1.54) is 0 Å². The molecule has 0 unspecified atom stereocenters. The number of nitrogens with zero attached hydrogens (tertiary/aromatic N) is 4. The zero-order chi connectivity index (χ0) is 13.3. The number of nitrogen functional groups attached to an aromatic ring is 1. The topological polar surface area (TPSA) is 58.3 Å². The summed E-state index contributed by atoms with van der Waals surface area (Å²) in [5, 5.41) is 0.261. The van der Waals surface area contributed by atoms with Gasteiger partial charge in [-0.25, -0.2) is 4.98 Å². The summed E-state index contributed by atoms with van der Waals surface area (Å²) in [6.45, 7) is 4.06. The molecule has 0 saturated carbocycles. The molecule has 100 valence electrons. The molecule has 0 aliphatic carbocycles. The van der Waals surface area contributed by atoms with Gasteiger partial charge in [-0.15, -0.1) is 0 Å². The SMILES string of the molecule is Cc1nc(Cl)nc(N(C)C2CCN(C)CC2)c1N. The van der Waals surface area contributed by atoms with Crippen LogP contribution in [0, 0.1) is 6.92 Å². The van der Waals surface area contributed by atoms with Crippen molar-refractivity contribution >= 4 is 23.1 Å². The molecule has 0 aromatic carbocycles. The molecule has 6 heteroatoms. The summed E-state index contributed by atoms with van der Waals surface area (Å²) in [7, 11) is 4.18. The third-order valence-corrected chi connectivity index (χ3v) is 3.83. The number of aryl methyl sites for hydroxylation is 1. The maximum atomic E-state index is 6.05. The average molecular weight is 270 g/mol. The lowest BCUT2D eigenvalue weighted by atomic mass is 10.0. The van der Waals surface area contributed by atoms with Crippen LogP contribution >= 0.6 is 11.6 Å². The van der Waals surface area contributed by atoms with Gasteiger partial charge >= 0.3 is 0 Å². The summed E-state index contributed by atoms with van der Waals surface area (Å²) in [6, 6.07) is 0.467. The fraction of sp³-hybridized carbons (Fsp3) is 0.667. The van der Waals surface area contributed by atoms with E-state index >= 15 is 0 Å². The summed E-state index contributed by atoms with van der Waals surface area (Å²) >= 11 is 5.92. The summed E-state index contributed by atoms with van der Waals surface area (Å²) in [5.41, 5.74) is 7.42. The van der Waals surface area contributed by atoms with Gasteiger partial charge in [0.1, 0.15) is 0 Å². The molecule has 18 heavy (non-hydrogen) atoms. The zero-order valence-electron chi connectivity index (χ0n) is 11.1. The quantitative estimate of drug-likeness (QED) is 0.826. The first-order valence-corrected chi connectivity index (χ1v) is 6.58. The van der Waals surface area contributed by atoms with E-state index in [1.807, 2.05) is 14.0 Å². The molecule has 1 aliphatic rings. The second-order valence-electron chi connectivity index (χ2n) is 4.96. The molecule has 1 fully saturated rings. The van der Waals surface area contributed by atoms with Crippen molar-refractivity contribution in [3.8, 4) is 0 Å². The van der Waals surface area contributed by atoms with Crippen molar-refractivity contribution in [3.05, 3.63) is 11.0 Å². The van der Waals surface area contributed by atoms with Crippen molar-refractivity contribution in [2.45, 2.75) is 25.8 Å². The highest BCUT2D eigenvalue weighted by molar-refractivity contribution is 6.28. The van der Waals surface area contributed by atoms with E-state index in [-0.39, 0.29) is 5.28 Å². The van der Waals surface area contributed by atoms with E-state index in [9.17, 15) is 0 Å². The molecule has 0 spiro atoms. The zero-order valence-corrected chi connectivity index (χ0v) is 11.9. The first kappa shape index (κ1) is 13.4. The first-order chi connectivity index (χ1) is 8.49. The van der Waals surface area contributed by atoms with E-state index in [0.717, 1.165) is 37.4 Å². The number of piperidine rings is 1. The Bertz CT molecular complexity index is 429. The van der Waals surface area contributed by atoms with Crippen molar-refractivity contribution in [1.82, 2.24) is 14.9 Å². The van der Waals surface area contributed by atoms with Gasteiger partial charge in [0, 0.05) is 13.1 Å². The third-order valence-electron chi connectivity index (χ3n) is 3.66. The van der Waals surface area contributed by atoms with Gasteiger partial charge in [-0.3, -0.25) is 0 Å². The molecule has 0 radical (unpaired) electrons. The second-order valence-corrected chi connectivity index (χ2v) is 5.30. The monoisotopic (exact) mass is 269 g/mol. The van der Waals surface area contributed by atoms with Crippen molar-refractivity contribution < 1.29 is 0 Å². The van der Waals surface area contributed by atoms with E-state index in [0.29, 0.717) is 11.7 Å². The minimum Gasteiger partial charge on any atom is -0.394 e. The van der Waals surface area contributed by atoms with E-state index < -0.39 is 0 Å². The molecular weight excluding hydrogens is 250 g/mol. The molecule has 0 bridgehead atoms. The highest BCUT2D eigenvalue weighted by Gasteiger charge is 2.23. The number of aromatic nitrogens is 2. The molecule has 1 aliphatic heterocycles. The Kier molecular flexibility index (Phi) is 3.92. The number of anilines is 2. The number of likely N-dealkylation sites (tertiary alicyclic amines) is 1. The van der Waals surface area contributed by atoms with Crippen LogP contribution in [0.3, 0.4) is 0 Å². The van der Waals surface area contributed by atoms with Gasteiger partial charge in [0.25, 0.3) is 0 Å². The number of halogens is 1. The molecule has 2 heterocycles. The fourth-order valence-electron chi connectivity index (χ4n) is 2.36. The largest absolute Gasteiger partial charge is 0.394 e. The van der Waals surface area contributed by atoms with Gasteiger partial charge in [0.05, 0.1) is 11.4 Å². The van der Waals surface area contributed by atoms with Crippen LogP contribution in [0.25, 0.3) is 0 Å². The highest BCUT2D eigenvalue weighted by atomic mass is 35.5. The molecule has 2 rings (SSSR count). The first-order valence-electron chi connectivity index (χ1n) is 6.20. The smallest absolute Gasteiger partial charge is 0.224 e. The van der Waals surface area contributed by atoms with Crippen LogP contribution in [0.15, 0.2) is 0 Å². The van der Waals surface area contributed by atoms with Crippen molar-refractivity contribution in [2.24, 2.45) is 0 Å². The average Bonchev–Trinajstić information content (AvgIpc) is 2.34. The Balaban J connectivity index is 2.20. The van der Waals surface area contributed by atoms with Crippen LogP contribution in [-0.2, 0) is 0 Å². The number of hydrogen-bond donors (Lipinski definition) is 1. The molecule has 1 saturated heterocycles. The number of rotatable bonds is 2. The number of hydrogen-bond acceptors (Lipinski definition) is 5. The lowest BCUT2D eigenvalue weighted by molar-refractivity contribution is 0.252. The standard InChI is InChI=1S/C12H20ClN5/c1-8-10(14)11(16-12(13)15-8)18(3)9-4-6-17(2)7-5-9/h9H,4-7,14H2,1-3H3. The lowest BCUT2D eigenvalue weighted by Gasteiger charge is -2.36. The highest BCUT2D eigenvalue weighted by Crippen LogP contribution is 2.27. The Morgan fingerprint density at radius 1 is 1.33 bits per heavy atom. The maximum Gasteiger partial charge on any atom is 0.224 e. The van der Waals surface area contributed by atoms with Crippen LogP contribution in [0.2, 0.25) is 5.28 Å². The van der Waals surface area contributed by atoms with E-state index in [1.54, 1.807) is 0 Å². The summed E-state index contributed by atoms with van der Waals surface area (Å²) in [4.78, 5) is 12.8. The van der Waals surface area contributed by atoms with E-state index in [4.69, 9.17) is 17.3 Å². The Labute approximate surface area is 113 Å². The maximum absolute atomic E-state index is 6.05. The normalized spacial score (nSPS) is 18.0. The van der Waals surface area contributed by atoms with Crippen LogP contribution in [0.5, 0.6) is 0 Å². The predicted molar refractivity (Wildman–Crippen MR) is 75.1 cm³/mol. The Hall–Kier alpha value is -1.07. The Morgan fingerprint density at radius 3 is 2.56 bits per heavy atom. The van der Waals surface area contributed by atoms with Crippen LogP contribution in [-0.4, -0.2) is 48.1 Å². The van der Waals surface area contributed by atoms with Gasteiger partial charge in [0.15, 0.2) is 5.82 Å². The summed E-state index contributed by atoms with van der Waals surface area (Å²) < 4.78 is 0. The fourth-order valence-corrected chi connectivity index (χ4v) is 2.56. The van der Waals surface area contributed by atoms with Gasteiger partial charge in [-0.1, -0.05) is 0 Å². The van der Waals surface area contributed by atoms with Crippen molar-refractivity contribution in [2.75, 3.05) is 37.8 Å². The Morgan fingerprint density at radius 2 is 1.94 bits per heavy atom. The van der Waals surface area contributed by atoms with Gasteiger partial charge in [0.2, 0.25) is 5.28 Å². The van der Waals surface area contributed by atoms with Gasteiger partial charge < -0.3 is 15.5 Å². The molecule has 0 amide bonds. The lowest BCUT2D eigenvalue weighted by Crippen LogP contribution is -2.42. The minimum absolute atomic E-state index is 0.261. The van der Waals surface area contributed by atoms with Crippen molar-refractivity contribution in [3.63, 3.8) is 0 Å². The van der Waals surface area contributed by atoms with Crippen LogP contribution < -0.4 is 10.6 Å². The molecule has 5 nitrogen and oxygen atoms in total. The summed E-state index contributed by atoms with van der Waals surface area (Å²) in [5.74, 6) is 0.752. The molecule has 1 aromatic rings. The molecule has 1 aromatic heterocycles. The number of nitrogens with two attached hydrogens (primary N) is 1. The molecular formula is C12H20ClN5. The van der Waals surface area contributed by atoms with Gasteiger partial charge in [-0.2, -0.15) is 4.98 Å². The minimum atomic E-state index is 0.261. The van der Waals surface area contributed by atoms with Crippen LogP contribution in [0.1, 0.15) is 18.5 Å². The van der Waals surface area contributed by atoms with Crippen LogP contribution in [0.4, 0.5) is 11.5 Å². The molecule has 0 atom stereocenters. The second kappa shape index (κ2) is 5.28. The summed E-state index contributed by atoms with van der Waals surface area (Å²) in [6.07, 6.45) is 2.24. The van der Waals surface area contributed by atoms with Gasteiger partial charge in [-0.05, 0) is 51.5 Å². The van der Waals surface area contributed by atoms with Crippen molar-refractivity contribution in [1.29, 1.82) is 0 Å². The third kappa shape index (κ3) is 2.67. The molecule has 2 N–H and O–H groups in total.